The molecular formula is C21H22O6S2. The molecule has 0 atom stereocenters. The van der Waals surface area contributed by atoms with Crippen molar-refractivity contribution in [2.75, 3.05) is 12.0 Å². The molecule has 1 aliphatic heterocycles. The number of carbonyl (C=O) groups is 1. The first-order valence-electron chi connectivity index (χ1n) is 8.98. The van der Waals surface area contributed by atoms with E-state index in [4.69, 9.17) is 4.74 Å². The fraction of sp³-hybridized carbons (Fsp3) is 0.286. The van der Waals surface area contributed by atoms with E-state index in [0.717, 1.165) is 6.26 Å². The van der Waals surface area contributed by atoms with E-state index in [1.165, 1.54) is 24.3 Å². The van der Waals surface area contributed by atoms with Crippen LogP contribution in [0.2, 0.25) is 0 Å². The molecule has 1 aliphatic rings. The maximum atomic E-state index is 13.0. The summed E-state index contributed by atoms with van der Waals surface area (Å²) in [7, 11) is -6.69. The second kappa shape index (κ2) is 7.11. The third-order valence-corrected chi connectivity index (χ3v) is 7.66. The Morgan fingerprint density at radius 3 is 1.79 bits per heavy atom. The molecule has 3 rings (SSSR count). The Labute approximate surface area is 171 Å². The minimum absolute atomic E-state index is 0.0119. The lowest BCUT2D eigenvalue weighted by atomic mass is 9.93. The second-order valence-electron chi connectivity index (χ2n) is 7.37. The number of hydrogen-bond donors (Lipinski definition) is 0. The van der Waals surface area contributed by atoms with Crippen molar-refractivity contribution in [3.63, 3.8) is 0 Å². The van der Waals surface area contributed by atoms with Gasteiger partial charge in [-0.15, -0.1) is 0 Å². The van der Waals surface area contributed by atoms with Crippen LogP contribution >= 0.6 is 0 Å². The van der Waals surface area contributed by atoms with Gasteiger partial charge in [-0.1, -0.05) is 19.1 Å². The van der Waals surface area contributed by atoms with Crippen LogP contribution in [0.15, 0.2) is 58.3 Å². The van der Waals surface area contributed by atoms with Gasteiger partial charge in [0, 0.05) is 11.8 Å². The highest BCUT2D eigenvalue weighted by Gasteiger charge is 2.42. The predicted molar refractivity (Wildman–Crippen MR) is 111 cm³/mol. The lowest BCUT2D eigenvalue weighted by Crippen LogP contribution is -2.29. The number of ketones is 1. The summed E-state index contributed by atoms with van der Waals surface area (Å²) in [5.41, 5.74) is 0.353. The van der Waals surface area contributed by atoms with Crippen molar-refractivity contribution in [1.29, 1.82) is 0 Å². The number of hydrogen-bond acceptors (Lipinski definition) is 6. The summed E-state index contributed by atoms with van der Waals surface area (Å²) in [6, 6.07) is 12.2. The van der Waals surface area contributed by atoms with Gasteiger partial charge in [0.2, 0.25) is 5.78 Å². The summed E-state index contributed by atoms with van der Waals surface area (Å²) >= 11 is 0. The quantitative estimate of drug-likeness (QED) is 0.718. The third kappa shape index (κ3) is 4.00. The minimum Gasteiger partial charge on any atom is -0.478 e. The Morgan fingerprint density at radius 1 is 0.828 bits per heavy atom. The average Bonchev–Trinajstić information content (AvgIpc) is 2.91. The number of carbonyl (C=O) groups excluding carboxylic acids is 1. The van der Waals surface area contributed by atoms with Crippen molar-refractivity contribution in [2.24, 2.45) is 0 Å². The van der Waals surface area contributed by atoms with Gasteiger partial charge in [-0.25, -0.2) is 16.8 Å². The third-order valence-electron chi connectivity index (χ3n) is 4.78. The fourth-order valence-corrected chi connectivity index (χ4v) is 4.59. The molecule has 2 aromatic rings. The first-order chi connectivity index (χ1) is 13.4. The van der Waals surface area contributed by atoms with Crippen molar-refractivity contribution in [3.8, 4) is 0 Å². The fourth-order valence-electron chi connectivity index (χ4n) is 3.07. The van der Waals surface area contributed by atoms with Crippen molar-refractivity contribution in [3.05, 3.63) is 59.7 Å². The highest BCUT2D eigenvalue weighted by atomic mass is 32.2. The first kappa shape index (κ1) is 21.3. The van der Waals surface area contributed by atoms with Gasteiger partial charge >= 0.3 is 0 Å². The Morgan fingerprint density at radius 2 is 1.31 bits per heavy atom. The lowest BCUT2D eigenvalue weighted by Gasteiger charge is -2.17. The van der Waals surface area contributed by atoms with Crippen molar-refractivity contribution in [1.82, 2.24) is 0 Å². The van der Waals surface area contributed by atoms with Gasteiger partial charge in [-0.2, -0.15) is 0 Å². The predicted octanol–water partition coefficient (Wildman–Crippen LogP) is 3.13. The van der Waals surface area contributed by atoms with E-state index < -0.39 is 25.3 Å². The molecule has 2 aromatic carbocycles. The van der Waals surface area contributed by atoms with Gasteiger partial charge in [0.25, 0.3) is 0 Å². The highest BCUT2D eigenvalue weighted by molar-refractivity contribution is 7.91. The monoisotopic (exact) mass is 434 g/mol. The molecule has 0 amide bonds. The summed E-state index contributed by atoms with van der Waals surface area (Å²) in [4.78, 5) is 13.3. The molecule has 0 aromatic heterocycles. The molecule has 0 bridgehead atoms. The molecule has 0 spiro atoms. The Balaban J connectivity index is 2.13. The molecule has 1 heterocycles. The molecule has 0 unspecified atom stereocenters. The van der Waals surface area contributed by atoms with Crippen LogP contribution in [0.1, 0.15) is 31.9 Å². The molecule has 0 saturated heterocycles. The summed E-state index contributed by atoms with van der Waals surface area (Å²) in [5, 5.41) is 0. The van der Waals surface area contributed by atoms with Crippen LogP contribution in [0, 0.1) is 0 Å². The van der Waals surface area contributed by atoms with Gasteiger partial charge < -0.3 is 4.74 Å². The van der Waals surface area contributed by atoms with Gasteiger partial charge in [0.05, 0.1) is 21.1 Å². The van der Waals surface area contributed by atoms with Crippen LogP contribution in [-0.2, 0) is 29.2 Å². The first-order valence-corrected chi connectivity index (χ1v) is 12.5. The molecule has 29 heavy (non-hydrogen) atoms. The number of Topliss-reactive ketones (excluding diaryl/α,β-unsaturated/α-hetero) is 1. The van der Waals surface area contributed by atoms with Gasteiger partial charge in [0.1, 0.15) is 5.76 Å². The van der Waals surface area contributed by atoms with Crippen LogP contribution in [-0.4, -0.2) is 40.2 Å². The normalized spacial score (nSPS) is 16.8. The molecule has 0 N–H and O–H groups in total. The number of ether oxygens (including phenoxy) is 1. The SMILES string of the molecule is CCS(=O)(=O)c1ccc(C2=C(c3ccc(S(C)(=O)=O)cc3)OC(C)(C)C2=O)cc1. The van der Waals surface area contributed by atoms with Crippen LogP contribution < -0.4 is 0 Å². The summed E-state index contributed by atoms with van der Waals surface area (Å²) < 4.78 is 53.4. The second-order valence-corrected chi connectivity index (χ2v) is 11.7. The van der Waals surface area contributed by atoms with Gasteiger partial charge in [0.15, 0.2) is 25.3 Å². The van der Waals surface area contributed by atoms with E-state index in [2.05, 4.69) is 0 Å². The standard InChI is InChI=1S/C21H22O6S2/c1-5-29(25,26)17-12-6-14(7-13-17)18-19(27-21(2,3)20(18)22)15-8-10-16(11-9-15)28(4,23)24/h6-13H,5H2,1-4H3. The number of rotatable bonds is 5. The van der Waals surface area contributed by atoms with E-state index in [1.807, 2.05) is 0 Å². The zero-order chi connectivity index (χ0) is 21.6. The Hall–Kier alpha value is -2.45. The van der Waals surface area contributed by atoms with Gasteiger partial charge in [-0.3, -0.25) is 4.79 Å². The molecule has 6 nitrogen and oxygen atoms in total. The Kier molecular flexibility index (Phi) is 5.21. The molecule has 8 heteroatoms. The Bertz CT molecular complexity index is 1200. The maximum absolute atomic E-state index is 13.0. The zero-order valence-corrected chi connectivity index (χ0v) is 18.2. The minimum atomic E-state index is -3.35. The summed E-state index contributed by atoms with van der Waals surface area (Å²) in [6.07, 6.45) is 1.12. The van der Waals surface area contributed by atoms with Crippen LogP contribution in [0.3, 0.4) is 0 Å². The van der Waals surface area contributed by atoms with Crippen molar-refractivity contribution >= 4 is 36.8 Å². The molecular weight excluding hydrogens is 412 g/mol. The van der Waals surface area contributed by atoms with Gasteiger partial charge in [-0.05, 0) is 55.8 Å². The maximum Gasteiger partial charge on any atom is 0.210 e. The molecule has 0 saturated carbocycles. The summed E-state index contributed by atoms with van der Waals surface area (Å²) in [5.74, 6) is 0.0964. The number of sulfone groups is 2. The van der Waals surface area contributed by atoms with Crippen LogP contribution in [0.5, 0.6) is 0 Å². The largest absolute Gasteiger partial charge is 0.478 e. The van der Waals surface area contributed by atoms with E-state index >= 15 is 0 Å². The molecule has 0 aliphatic carbocycles. The van der Waals surface area contributed by atoms with Crippen LogP contribution in [0.25, 0.3) is 11.3 Å². The molecule has 0 radical (unpaired) electrons. The summed E-state index contributed by atoms with van der Waals surface area (Å²) in [6.45, 7) is 4.88. The van der Waals surface area contributed by atoms with E-state index in [-0.39, 0.29) is 21.3 Å². The number of benzene rings is 2. The van der Waals surface area contributed by atoms with Crippen molar-refractivity contribution < 1.29 is 26.4 Å². The molecule has 0 fully saturated rings. The highest BCUT2D eigenvalue weighted by Crippen LogP contribution is 2.41. The molecule has 154 valence electrons. The van der Waals surface area contributed by atoms with Crippen LogP contribution in [0.4, 0.5) is 0 Å². The van der Waals surface area contributed by atoms with E-state index in [1.54, 1.807) is 45.0 Å². The van der Waals surface area contributed by atoms with Crippen molar-refractivity contribution in [2.45, 2.75) is 36.2 Å². The topological polar surface area (TPSA) is 94.6 Å². The van der Waals surface area contributed by atoms with E-state index in [0.29, 0.717) is 22.5 Å². The lowest BCUT2D eigenvalue weighted by molar-refractivity contribution is -0.125. The smallest absolute Gasteiger partial charge is 0.210 e. The average molecular weight is 435 g/mol. The zero-order valence-electron chi connectivity index (χ0n) is 16.6. The van der Waals surface area contributed by atoms with E-state index in [9.17, 15) is 21.6 Å².